The molecule has 9 nitrogen and oxygen atoms in total. The average molecular weight is 282 g/mol. The zero-order valence-electron chi connectivity index (χ0n) is 11.3. The van der Waals surface area contributed by atoms with Gasteiger partial charge in [-0.1, -0.05) is 0 Å². The summed E-state index contributed by atoms with van der Waals surface area (Å²) in [6, 6.07) is 0.461. The van der Waals surface area contributed by atoms with Gasteiger partial charge in [0.15, 0.2) is 0 Å². The van der Waals surface area contributed by atoms with E-state index in [1.807, 2.05) is 0 Å². The highest BCUT2D eigenvalue weighted by Crippen LogP contribution is 2.25. The van der Waals surface area contributed by atoms with Gasteiger partial charge < -0.3 is 9.64 Å². The molecule has 1 aliphatic rings. The Bertz CT molecular complexity index is 483. The van der Waals surface area contributed by atoms with E-state index < -0.39 is 4.92 Å². The lowest BCUT2D eigenvalue weighted by molar-refractivity contribution is -0.386. The summed E-state index contributed by atoms with van der Waals surface area (Å²) in [5, 5.41) is 10.9. The minimum Gasteiger partial charge on any atom is -0.473 e. The van der Waals surface area contributed by atoms with Crippen LogP contribution in [-0.4, -0.2) is 46.0 Å². The first-order chi connectivity index (χ1) is 9.61. The van der Waals surface area contributed by atoms with Crippen molar-refractivity contribution in [1.82, 2.24) is 14.9 Å². The number of nitrogen functional groups attached to an aromatic ring is 1. The van der Waals surface area contributed by atoms with Crippen molar-refractivity contribution in [2.45, 2.75) is 25.3 Å². The summed E-state index contributed by atoms with van der Waals surface area (Å²) in [5.41, 5.74) is 1.98. The molecule has 0 aromatic carbocycles. The molecule has 1 unspecified atom stereocenters. The number of nitrogens with zero attached hydrogens (tertiary/aromatic N) is 4. The molecule has 110 valence electrons. The maximum atomic E-state index is 10.9. The molecule has 2 rings (SSSR count). The summed E-state index contributed by atoms with van der Waals surface area (Å²) >= 11 is 0. The van der Waals surface area contributed by atoms with Crippen LogP contribution in [0.25, 0.3) is 0 Å². The van der Waals surface area contributed by atoms with Crippen LogP contribution >= 0.6 is 0 Å². The van der Waals surface area contributed by atoms with Crippen LogP contribution < -0.4 is 16.0 Å². The highest BCUT2D eigenvalue weighted by Gasteiger charge is 2.22. The van der Waals surface area contributed by atoms with E-state index in [0.717, 1.165) is 25.6 Å². The number of nitrogens with two attached hydrogens (primary N) is 1. The summed E-state index contributed by atoms with van der Waals surface area (Å²) in [6.07, 6.45) is 4.19. The monoisotopic (exact) mass is 282 g/mol. The fourth-order valence-corrected chi connectivity index (χ4v) is 2.30. The Morgan fingerprint density at radius 2 is 2.50 bits per heavy atom. The fourth-order valence-electron chi connectivity index (χ4n) is 2.30. The molecule has 1 fully saturated rings. The predicted octanol–water partition coefficient (Wildman–Crippen LogP) is 0.534. The normalized spacial score (nSPS) is 19.0. The number of rotatable bonds is 6. The second-order valence-electron chi connectivity index (χ2n) is 4.70. The number of hydrazine groups is 1. The first-order valence-corrected chi connectivity index (χ1v) is 6.43. The molecule has 1 aliphatic heterocycles. The Kier molecular flexibility index (Phi) is 4.64. The number of anilines is 1. The van der Waals surface area contributed by atoms with Gasteiger partial charge in [-0.2, -0.15) is 4.98 Å². The van der Waals surface area contributed by atoms with Crippen LogP contribution in [0.15, 0.2) is 6.20 Å². The molecule has 0 radical (unpaired) electrons. The lowest BCUT2D eigenvalue weighted by atomic mass is 10.1. The minimum absolute atomic E-state index is 0.0569. The van der Waals surface area contributed by atoms with Gasteiger partial charge in [0.05, 0.1) is 11.5 Å². The van der Waals surface area contributed by atoms with Crippen LogP contribution in [-0.2, 0) is 0 Å². The fraction of sp³-hybridized carbons (Fsp3) is 0.636. The molecule has 0 amide bonds. The highest BCUT2D eigenvalue weighted by atomic mass is 16.6. The molecule has 0 aliphatic carbocycles. The number of ether oxygens (including phenoxy) is 1. The SMILES string of the molecule is CN1CCCC1CCOc1nc(NN)ncc1[N+](=O)[O-]. The second kappa shape index (κ2) is 6.44. The summed E-state index contributed by atoms with van der Waals surface area (Å²) in [7, 11) is 2.07. The number of hydrogen-bond donors (Lipinski definition) is 2. The molecule has 1 aromatic heterocycles. The van der Waals surface area contributed by atoms with Gasteiger partial charge in [-0.15, -0.1) is 0 Å². The number of aromatic nitrogens is 2. The largest absolute Gasteiger partial charge is 0.473 e. The lowest BCUT2D eigenvalue weighted by Gasteiger charge is -2.18. The van der Waals surface area contributed by atoms with Gasteiger partial charge in [0.1, 0.15) is 6.20 Å². The van der Waals surface area contributed by atoms with E-state index >= 15 is 0 Å². The van der Waals surface area contributed by atoms with Crippen molar-refractivity contribution in [2.75, 3.05) is 25.6 Å². The van der Waals surface area contributed by atoms with Gasteiger partial charge in [-0.3, -0.25) is 15.5 Å². The maximum absolute atomic E-state index is 10.9. The first kappa shape index (κ1) is 14.4. The van der Waals surface area contributed by atoms with Gasteiger partial charge in [-0.05, 0) is 32.9 Å². The van der Waals surface area contributed by atoms with E-state index in [1.165, 1.54) is 6.42 Å². The average Bonchev–Trinajstić information content (AvgIpc) is 2.84. The topological polar surface area (TPSA) is 119 Å². The third-order valence-electron chi connectivity index (χ3n) is 3.42. The Balaban J connectivity index is 1.98. The summed E-state index contributed by atoms with van der Waals surface area (Å²) in [4.78, 5) is 20.1. The molecule has 9 heteroatoms. The molecule has 3 N–H and O–H groups in total. The van der Waals surface area contributed by atoms with E-state index in [9.17, 15) is 10.1 Å². The van der Waals surface area contributed by atoms with E-state index in [-0.39, 0.29) is 17.5 Å². The molecule has 20 heavy (non-hydrogen) atoms. The zero-order chi connectivity index (χ0) is 14.5. The summed E-state index contributed by atoms with van der Waals surface area (Å²) in [6.45, 7) is 1.45. The van der Waals surface area contributed by atoms with Crippen LogP contribution in [0.4, 0.5) is 11.6 Å². The zero-order valence-corrected chi connectivity index (χ0v) is 11.3. The number of hydrogen-bond acceptors (Lipinski definition) is 8. The van der Waals surface area contributed by atoms with E-state index in [0.29, 0.717) is 12.6 Å². The van der Waals surface area contributed by atoms with E-state index in [4.69, 9.17) is 10.6 Å². The van der Waals surface area contributed by atoms with Crippen molar-refractivity contribution in [3.05, 3.63) is 16.3 Å². The summed E-state index contributed by atoms with van der Waals surface area (Å²) < 4.78 is 5.44. The molecular weight excluding hydrogens is 264 g/mol. The Morgan fingerprint density at radius 1 is 1.70 bits per heavy atom. The van der Waals surface area contributed by atoms with Gasteiger partial charge in [0.2, 0.25) is 5.95 Å². The van der Waals surface area contributed by atoms with Gasteiger partial charge >= 0.3 is 5.69 Å². The molecule has 2 heterocycles. The molecule has 1 saturated heterocycles. The Labute approximate surface area is 116 Å². The first-order valence-electron chi connectivity index (χ1n) is 6.43. The number of nitrogens with one attached hydrogen (secondary N) is 1. The maximum Gasteiger partial charge on any atom is 0.349 e. The van der Waals surface area contributed by atoms with Crippen molar-refractivity contribution in [3.63, 3.8) is 0 Å². The Morgan fingerprint density at radius 3 is 3.10 bits per heavy atom. The van der Waals surface area contributed by atoms with Crippen molar-refractivity contribution < 1.29 is 9.66 Å². The molecule has 1 aromatic rings. The van der Waals surface area contributed by atoms with Crippen molar-refractivity contribution in [1.29, 1.82) is 0 Å². The number of nitro groups is 1. The molecule has 1 atom stereocenters. The standard InChI is InChI=1S/C11H18N6O3/c1-16-5-2-3-8(16)4-6-20-10-9(17(18)19)7-13-11(14-10)15-12/h7-8H,2-6,12H2,1H3,(H,13,14,15). The molecule has 0 bridgehead atoms. The van der Waals surface area contributed by atoms with Crippen molar-refractivity contribution in [3.8, 4) is 5.88 Å². The Hall–Kier alpha value is -2.00. The van der Waals surface area contributed by atoms with Crippen LogP contribution in [0.3, 0.4) is 0 Å². The van der Waals surface area contributed by atoms with Crippen molar-refractivity contribution in [2.24, 2.45) is 5.84 Å². The smallest absolute Gasteiger partial charge is 0.349 e. The molecule has 0 saturated carbocycles. The van der Waals surface area contributed by atoms with Crippen LogP contribution in [0.5, 0.6) is 5.88 Å². The molecule has 0 spiro atoms. The minimum atomic E-state index is -0.572. The van der Waals surface area contributed by atoms with Gasteiger partial charge in [-0.25, -0.2) is 10.8 Å². The quantitative estimate of drug-likeness (QED) is 0.440. The van der Waals surface area contributed by atoms with Gasteiger partial charge in [0, 0.05) is 6.04 Å². The highest BCUT2D eigenvalue weighted by molar-refractivity contribution is 5.42. The molecular formula is C11H18N6O3. The second-order valence-corrected chi connectivity index (χ2v) is 4.70. The van der Waals surface area contributed by atoms with Crippen LogP contribution in [0.1, 0.15) is 19.3 Å². The third kappa shape index (κ3) is 3.31. The van der Waals surface area contributed by atoms with Crippen molar-refractivity contribution >= 4 is 11.6 Å². The van der Waals surface area contributed by atoms with Gasteiger partial charge in [0.25, 0.3) is 5.88 Å². The van der Waals surface area contributed by atoms with Crippen LogP contribution in [0, 0.1) is 10.1 Å². The number of likely N-dealkylation sites (tertiary alicyclic amines) is 1. The van der Waals surface area contributed by atoms with E-state index in [1.54, 1.807) is 0 Å². The summed E-state index contributed by atoms with van der Waals surface area (Å²) in [5.74, 6) is 5.21. The lowest BCUT2D eigenvalue weighted by Crippen LogP contribution is -2.26. The third-order valence-corrected chi connectivity index (χ3v) is 3.42. The van der Waals surface area contributed by atoms with E-state index in [2.05, 4.69) is 27.3 Å². The van der Waals surface area contributed by atoms with Crippen LogP contribution in [0.2, 0.25) is 0 Å². The predicted molar refractivity (Wildman–Crippen MR) is 72.3 cm³/mol.